The first kappa shape index (κ1) is 53.4. The Labute approximate surface area is 536 Å². The molecule has 0 atom stereocenters. The lowest BCUT2D eigenvalue weighted by Gasteiger charge is -2.46. The van der Waals surface area contributed by atoms with E-state index in [2.05, 4.69) is 355 Å². The van der Waals surface area contributed by atoms with Crippen molar-refractivity contribution >= 4 is 101 Å². The molecule has 0 unspecified atom stereocenters. The first-order valence-corrected chi connectivity index (χ1v) is 32.0. The van der Waals surface area contributed by atoms with Crippen LogP contribution in [0.5, 0.6) is 0 Å². The molecule has 16 aromatic rings. The number of hydrogen-bond donors (Lipinski definition) is 0. The molecule has 4 nitrogen and oxygen atoms in total. The van der Waals surface area contributed by atoms with Gasteiger partial charge in [-0.25, -0.2) is 0 Å². The second-order valence-electron chi connectivity index (χ2n) is 24.9. The zero-order valence-corrected chi connectivity index (χ0v) is 51.4. The number of aryl methyl sites for hydroxylation is 3. The summed E-state index contributed by atoms with van der Waals surface area (Å²) in [4.78, 5) is 5.37. The fourth-order valence-electron chi connectivity index (χ4n) is 15.9. The van der Waals surface area contributed by atoms with Crippen LogP contribution in [-0.2, 0) is 0 Å². The summed E-state index contributed by atoms with van der Waals surface area (Å²) in [5, 5.41) is 4.92. The molecule has 92 heavy (non-hydrogen) atoms. The van der Waals surface area contributed by atoms with Crippen molar-refractivity contribution in [2.45, 2.75) is 20.8 Å². The summed E-state index contributed by atoms with van der Waals surface area (Å²) in [6, 6.07) is 118. The van der Waals surface area contributed by atoms with Crippen LogP contribution in [0.1, 0.15) is 16.7 Å². The minimum Gasteiger partial charge on any atom is -0.310 e. The van der Waals surface area contributed by atoms with Gasteiger partial charge in [0.05, 0.1) is 33.4 Å². The van der Waals surface area contributed by atoms with Crippen LogP contribution in [0, 0.1) is 20.8 Å². The van der Waals surface area contributed by atoms with Crippen molar-refractivity contribution < 1.29 is 0 Å². The number of para-hydroxylation sites is 6. The zero-order chi connectivity index (χ0) is 61.1. The predicted molar refractivity (Wildman–Crippen MR) is 391 cm³/mol. The third-order valence-electron chi connectivity index (χ3n) is 19.5. The van der Waals surface area contributed by atoms with Gasteiger partial charge in [0.15, 0.2) is 0 Å². The van der Waals surface area contributed by atoms with E-state index in [0.717, 1.165) is 95.6 Å². The fourth-order valence-corrected chi connectivity index (χ4v) is 15.9. The predicted octanol–water partition coefficient (Wildman–Crippen LogP) is 21.2. The highest BCUT2D eigenvalue weighted by Gasteiger charge is 2.46. The van der Waals surface area contributed by atoms with Gasteiger partial charge in [0, 0.05) is 77.9 Å². The topological polar surface area (TPSA) is 16.3 Å². The Kier molecular flexibility index (Phi) is 12.3. The van der Waals surface area contributed by atoms with E-state index in [4.69, 9.17) is 0 Å². The Morgan fingerprint density at radius 2 is 0.576 bits per heavy atom. The molecule has 0 N–H and O–H groups in total. The molecule has 0 aliphatic carbocycles. The lowest BCUT2D eigenvalue weighted by atomic mass is 9.33. The van der Waals surface area contributed by atoms with Crippen molar-refractivity contribution in [2.24, 2.45) is 0 Å². The van der Waals surface area contributed by atoms with Gasteiger partial charge in [-0.2, -0.15) is 0 Å². The fraction of sp³-hybridized carbons (Fsp3) is 0.0345. The van der Waals surface area contributed by atoms with Gasteiger partial charge < -0.3 is 18.9 Å². The molecule has 2 aliphatic rings. The lowest BCUT2D eigenvalue weighted by Crippen LogP contribution is -2.61. The van der Waals surface area contributed by atoms with Gasteiger partial charge in [0.25, 0.3) is 6.71 Å². The number of aromatic nitrogens is 2. The van der Waals surface area contributed by atoms with E-state index in [9.17, 15) is 0 Å². The molecule has 0 bridgehead atoms. The monoisotopic (exact) mass is 1170 g/mol. The maximum absolute atomic E-state index is 2.69. The van der Waals surface area contributed by atoms with E-state index >= 15 is 0 Å². The number of hydrogen-bond acceptors (Lipinski definition) is 2. The molecular formula is C87H61BN4. The van der Waals surface area contributed by atoms with Gasteiger partial charge in [-0.15, -0.1) is 0 Å². The molecular weight excluding hydrogens is 1110 g/mol. The molecule has 0 radical (unpaired) electrons. The smallest absolute Gasteiger partial charge is 0.252 e. The molecule has 0 spiro atoms. The summed E-state index contributed by atoms with van der Waals surface area (Å²) in [5.74, 6) is 0. The first-order chi connectivity index (χ1) is 45.4. The minimum atomic E-state index is -0.223. The molecule has 18 rings (SSSR count). The molecule has 0 fully saturated rings. The quantitative estimate of drug-likeness (QED) is 0.134. The SMILES string of the molecule is Cc1cc(C)c(-c2cc3c4c(c2)N(c2c(-c5ccccc5)cccc2-c2ccccc2)c2cc(-n5c6ccccc6c6ccccc65)ccc2B4c2ccc(-n4c5ccccc5c5ccccc54)cc2N3c2c(-c3ccccc3)cccc2-c2ccccc2)c(C)c1. The Balaban J connectivity index is 1.04. The van der Waals surface area contributed by atoms with Crippen LogP contribution in [0.2, 0.25) is 0 Å². The van der Waals surface area contributed by atoms with Crippen LogP contribution in [-0.4, -0.2) is 15.8 Å². The van der Waals surface area contributed by atoms with E-state index in [1.54, 1.807) is 0 Å². The van der Waals surface area contributed by atoms with Gasteiger partial charge in [0.1, 0.15) is 0 Å². The Hall–Kier alpha value is -11.7. The summed E-state index contributed by atoms with van der Waals surface area (Å²) in [6.07, 6.45) is 0. The van der Waals surface area contributed by atoms with Crippen molar-refractivity contribution in [1.82, 2.24) is 9.13 Å². The zero-order valence-electron chi connectivity index (χ0n) is 51.4. The van der Waals surface area contributed by atoms with Crippen molar-refractivity contribution in [3.63, 3.8) is 0 Å². The van der Waals surface area contributed by atoms with Crippen LogP contribution in [0.3, 0.4) is 0 Å². The highest BCUT2D eigenvalue weighted by molar-refractivity contribution is 7.00. The summed E-state index contributed by atoms with van der Waals surface area (Å²) in [7, 11) is 0. The molecule has 0 saturated carbocycles. The van der Waals surface area contributed by atoms with Gasteiger partial charge in [-0.1, -0.05) is 260 Å². The van der Waals surface area contributed by atoms with Crippen molar-refractivity contribution in [3.05, 3.63) is 332 Å². The van der Waals surface area contributed by atoms with Gasteiger partial charge in [-0.05, 0) is 142 Å². The Morgan fingerprint density at radius 3 is 0.913 bits per heavy atom. The largest absolute Gasteiger partial charge is 0.310 e. The third-order valence-corrected chi connectivity index (χ3v) is 19.5. The van der Waals surface area contributed by atoms with E-state index in [1.165, 1.54) is 82.3 Å². The van der Waals surface area contributed by atoms with E-state index in [0.29, 0.717) is 0 Å². The van der Waals surface area contributed by atoms with Crippen LogP contribution < -0.4 is 26.2 Å². The Bertz CT molecular complexity index is 5070. The van der Waals surface area contributed by atoms with E-state index < -0.39 is 0 Å². The molecule has 0 saturated heterocycles. The van der Waals surface area contributed by atoms with Crippen molar-refractivity contribution in [2.75, 3.05) is 9.80 Å². The van der Waals surface area contributed by atoms with E-state index in [1.807, 2.05) is 0 Å². The molecule has 5 heteroatoms. The molecule has 432 valence electrons. The second kappa shape index (κ2) is 21.3. The maximum Gasteiger partial charge on any atom is 0.252 e. The molecule has 14 aromatic carbocycles. The molecule has 0 amide bonds. The van der Waals surface area contributed by atoms with Crippen molar-refractivity contribution in [1.29, 1.82) is 0 Å². The summed E-state index contributed by atoms with van der Waals surface area (Å²) < 4.78 is 4.97. The molecule has 2 aromatic heterocycles. The molecule has 4 heterocycles. The number of fused-ring (bicyclic) bond motifs is 10. The lowest BCUT2D eigenvalue weighted by molar-refractivity contribution is 1.17. The van der Waals surface area contributed by atoms with Crippen LogP contribution in [0.4, 0.5) is 34.1 Å². The van der Waals surface area contributed by atoms with Gasteiger partial charge in [-0.3, -0.25) is 0 Å². The summed E-state index contributed by atoms with van der Waals surface area (Å²) in [6.45, 7) is 6.60. The van der Waals surface area contributed by atoms with Crippen LogP contribution >= 0.6 is 0 Å². The number of benzene rings is 14. The highest BCUT2D eigenvalue weighted by Crippen LogP contribution is 2.54. The van der Waals surface area contributed by atoms with Gasteiger partial charge >= 0.3 is 0 Å². The van der Waals surface area contributed by atoms with Crippen LogP contribution in [0.15, 0.2) is 315 Å². The van der Waals surface area contributed by atoms with Crippen LogP contribution in [0.25, 0.3) is 111 Å². The number of nitrogens with zero attached hydrogens (tertiary/aromatic N) is 4. The maximum atomic E-state index is 2.69. The number of rotatable bonds is 9. The highest BCUT2D eigenvalue weighted by atomic mass is 15.2. The first-order valence-electron chi connectivity index (χ1n) is 32.0. The van der Waals surface area contributed by atoms with Crippen molar-refractivity contribution in [3.8, 4) is 67.0 Å². The standard InChI is InChI=1S/C87H61BN4/c1-56-50-57(2)84(58(3)51-56)63-52-82-85-83(53-63)92(87-68(61-30-12-6-13-31-61)40-25-41-69(87)62-32-14-7-15-33-62)81-55-65(90-78-44-22-18-36-72(78)73-37-19-23-45-79(73)90)47-49-75(81)88(85)74-48-46-64(89-76-42-20-16-34-70(76)71-35-17-21-43-77(71)89)54-80(74)91(82)86-66(59-26-8-4-9-27-59)38-24-39-67(86)60-28-10-5-11-29-60/h4-55H,1-3H3. The average Bonchev–Trinajstić information content (AvgIpc) is 0.811. The normalized spacial score (nSPS) is 12.4. The van der Waals surface area contributed by atoms with Gasteiger partial charge in [0.2, 0.25) is 0 Å². The Morgan fingerprint density at radius 1 is 0.261 bits per heavy atom. The summed E-state index contributed by atoms with van der Waals surface area (Å²) >= 11 is 0. The summed E-state index contributed by atoms with van der Waals surface area (Å²) in [5.41, 5.74) is 32.6. The second-order valence-corrected chi connectivity index (χ2v) is 24.9. The minimum absolute atomic E-state index is 0.223. The van der Waals surface area contributed by atoms with E-state index in [-0.39, 0.29) is 6.71 Å². The number of anilines is 6. The average molecular weight is 1170 g/mol. The molecule has 2 aliphatic heterocycles. The third kappa shape index (κ3) is 8.25.